The van der Waals surface area contributed by atoms with E-state index < -0.39 is 0 Å². The number of hydrogen-bond donors (Lipinski definition) is 0. The third-order valence-corrected chi connectivity index (χ3v) is 13.3. The summed E-state index contributed by atoms with van der Waals surface area (Å²) in [6, 6.07) is 53.4. The van der Waals surface area contributed by atoms with Crippen molar-refractivity contribution in [3.05, 3.63) is 194 Å². The van der Waals surface area contributed by atoms with E-state index in [1.165, 1.54) is 64.9 Å². The Labute approximate surface area is 316 Å². The molecular formula is C51H41NS. The van der Waals surface area contributed by atoms with Crippen LogP contribution in [-0.2, 0) is 0 Å². The Hall–Kier alpha value is -5.70. The van der Waals surface area contributed by atoms with Crippen molar-refractivity contribution < 1.29 is 0 Å². The number of thiophene rings is 1. The van der Waals surface area contributed by atoms with Gasteiger partial charge in [-0.15, -0.1) is 11.3 Å². The fourth-order valence-corrected chi connectivity index (χ4v) is 10.7. The topological polar surface area (TPSA) is 3.24 Å². The van der Waals surface area contributed by atoms with E-state index >= 15 is 0 Å². The smallest absolute Gasteiger partial charge is 0.0467 e. The highest BCUT2D eigenvalue weighted by Gasteiger charge is 2.52. The van der Waals surface area contributed by atoms with E-state index in [1.807, 2.05) is 11.3 Å². The van der Waals surface area contributed by atoms with E-state index in [-0.39, 0.29) is 5.41 Å². The molecule has 0 saturated heterocycles. The molecule has 0 amide bonds. The zero-order chi connectivity index (χ0) is 35.5. The summed E-state index contributed by atoms with van der Waals surface area (Å²) in [7, 11) is 0. The molecule has 7 aromatic rings. The Morgan fingerprint density at radius 3 is 2.02 bits per heavy atom. The van der Waals surface area contributed by atoms with Crippen LogP contribution in [0.5, 0.6) is 0 Å². The molecule has 4 unspecified atom stereocenters. The van der Waals surface area contributed by atoms with Crippen LogP contribution in [0.25, 0.3) is 53.6 Å². The minimum Gasteiger partial charge on any atom is -0.311 e. The molecule has 1 nitrogen and oxygen atoms in total. The summed E-state index contributed by atoms with van der Waals surface area (Å²) in [5.41, 5.74) is 11.2. The highest BCUT2D eigenvalue weighted by Crippen LogP contribution is 2.59. The van der Waals surface area contributed by atoms with Crippen LogP contribution in [-0.4, -0.2) is 0 Å². The lowest BCUT2D eigenvalue weighted by molar-refractivity contribution is 0.238. The molecule has 256 valence electrons. The highest BCUT2D eigenvalue weighted by atomic mass is 32.1. The zero-order valence-electron chi connectivity index (χ0n) is 30.1. The van der Waals surface area contributed by atoms with Gasteiger partial charge in [-0.2, -0.15) is 0 Å². The fourth-order valence-electron chi connectivity index (χ4n) is 9.43. The molecular weight excluding hydrogens is 659 g/mol. The molecule has 0 spiro atoms. The maximum absolute atomic E-state index is 2.58. The molecule has 0 aliphatic heterocycles. The maximum Gasteiger partial charge on any atom is 0.0467 e. The van der Waals surface area contributed by atoms with E-state index in [0.29, 0.717) is 23.7 Å². The molecule has 1 saturated carbocycles. The fraction of sp³-hybridized carbons (Fsp3) is 0.137. The van der Waals surface area contributed by atoms with Crippen molar-refractivity contribution in [3.63, 3.8) is 0 Å². The van der Waals surface area contributed by atoms with Crippen LogP contribution in [0.2, 0.25) is 0 Å². The Bertz CT molecular complexity index is 2620. The third kappa shape index (κ3) is 5.43. The lowest BCUT2D eigenvalue weighted by Gasteiger charge is -2.35. The average molecular weight is 700 g/mol. The average Bonchev–Trinajstić information content (AvgIpc) is 3.71. The van der Waals surface area contributed by atoms with Crippen LogP contribution in [0.15, 0.2) is 194 Å². The minimum atomic E-state index is 0.193. The van der Waals surface area contributed by atoms with E-state index in [2.05, 4.69) is 207 Å². The molecule has 2 heteroatoms. The molecule has 1 heterocycles. The number of anilines is 2. The monoisotopic (exact) mass is 699 g/mol. The van der Waals surface area contributed by atoms with Crippen LogP contribution in [0, 0.1) is 29.1 Å². The van der Waals surface area contributed by atoms with Crippen molar-refractivity contribution in [3.8, 4) is 33.4 Å². The van der Waals surface area contributed by atoms with Gasteiger partial charge in [0.15, 0.2) is 0 Å². The SMILES string of the molecule is CC1(C)C2C=CC=CC2C2C=C(N(c3ccc(-c4cccc(-c5ccccc5)c4)cc3)c3cccc(-c4cccc5c4sc4ccccc45)c3)C=CC21. The Kier molecular flexibility index (Phi) is 7.70. The molecule has 10 rings (SSSR count). The quantitative estimate of drug-likeness (QED) is 0.167. The van der Waals surface area contributed by atoms with Gasteiger partial charge in [-0.25, -0.2) is 0 Å². The van der Waals surface area contributed by atoms with Crippen molar-refractivity contribution in [1.29, 1.82) is 0 Å². The summed E-state index contributed by atoms with van der Waals surface area (Å²) >= 11 is 1.89. The van der Waals surface area contributed by atoms with Crippen LogP contribution in [0.3, 0.4) is 0 Å². The maximum atomic E-state index is 2.58. The first-order valence-corrected chi connectivity index (χ1v) is 19.7. The summed E-state index contributed by atoms with van der Waals surface area (Å²) in [5.74, 6) is 1.96. The second kappa shape index (κ2) is 12.8. The Balaban J connectivity index is 1.08. The zero-order valence-corrected chi connectivity index (χ0v) is 30.9. The molecule has 3 aliphatic rings. The van der Waals surface area contributed by atoms with Gasteiger partial charge in [0.1, 0.15) is 0 Å². The Morgan fingerprint density at radius 2 is 1.17 bits per heavy atom. The molecule has 4 atom stereocenters. The normalized spacial score (nSPS) is 21.1. The van der Waals surface area contributed by atoms with Gasteiger partial charge in [0.25, 0.3) is 0 Å². The summed E-state index contributed by atoms with van der Waals surface area (Å²) in [5, 5.41) is 2.66. The second-order valence-electron chi connectivity index (χ2n) is 15.4. The molecule has 0 N–H and O–H groups in total. The van der Waals surface area contributed by atoms with E-state index in [1.54, 1.807) is 0 Å². The van der Waals surface area contributed by atoms with Gasteiger partial charge in [0.05, 0.1) is 0 Å². The van der Waals surface area contributed by atoms with E-state index in [0.717, 1.165) is 5.69 Å². The van der Waals surface area contributed by atoms with Crippen LogP contribution in [0.1, 0.15) is 13.8 Å². The van der Waals surface area contributed by atoms with Gasteiger partial charge < -0.3 is 4.90 Å². The van der Waals surface area contributed by atoms with Crippen LogP contribution >= 0.6 is 11.3 Å². The first kappa shape index (κ1) is 32.0. The first-order chi connectivity index (χ1) is 26.0. The third-order valence-electron chi connectivity index (χ3n) is 12.1. The summed E-state index contributed by atoms with van der Waals surface area (Å²) < 4.78 is 2.68. The number of benzene rings is 6. The number of fused-ring (bicyclic) bond motifs is 6. The molecule has 0 radical (unpaired) electrons. The van der Waals surface area contributed by atoms with Crippen molar-refractivity contribution in [1.82, 2.24) is 0 Å². The Morgan fingerprint density at radius 1 is 0.509 bits per heavy atom. The van der Waals surface area contributed by atoms with E-state index in [4.69, 9.17) is 0 Å². The number of allylic oxidation sites excluding steroid dienone is 7. The van der Waals surface area contributed by atoms with Gasteiger partial charge >= 0.3 is 0 Å². The standard InChI is InChI=1S/C51H41NS/c1-51(2)47-23-8-6-19-43(47)46-33-41(29-30-48(46)51)52(39-27-25-35(26-28-39)37-16-10-15-36(31-37)34-13-4-3-5-14-34)40-18-11-17-38(32-40)42-21-12-22-45-44-20-7-9-24-49(44)53-50(42)45/h3-33,43,46-48H,1-2H3. The van der Waals surface area contributed by atoms with Gasteiger partial charge in [-0.05, 0) is 105 Å². The highest BCUT2D eigenvalue weighted by molar-refractivity contribution is 7.26. The van der Waals surface area contributed by atoms with Crippen molar-refractivity contribution >= 4 is 42.9 Å². The van der Waals surface area contributed by atoms with Gasteiger partial charge in [-0.3, -0.25) is 0 Å². The molecule has 3 aliphatic carbocycles. The second-order valence-corrected chi connectivity index (χ2v) is 16.5. The van der Waals surface area contributed by atoms with Crippen LogP contribution in [0.4, 0.5) is 11.4 Å². The lowest BCUT2D eigenvalue weighted by Crippen LogP contribution is -2.27. The molecule has 6 aromatic carbocycles. The van der Waals surface area contributed by atoms with Crippen molar-refractivity contribution in [2.75, 3.05) is 4.90 Å². The predicted octanol–water partition coefficient (Wildman–Crippen LogP) is 14.3. The van der Waals surface area contributed by atoms with Crippen molar-refractivity contribution in [2.45, 2.75) is 13.8 Å². The summed E-state index contributed by atoms with van der Waals surface area (Å²) in [6.07, 6.45) is 16.9. The lowest BCUT2D eigenvalue weighted by atomic mass is 9.72. The van der Waals surface area contributed by atoms with Gasteiger partial charge in [0.2, 0.25) is 0 Å². The van der Waals surface area contributed by atoms with Gasteiger partial charge in [0, 0.05) is 37.2 Å². The molecule has 53 heavy (non-hydrogen) atoms. The molecule has 0 bridgehead atoms. The summed E-state index contributed by atoms with van der Waals surface area (Å²) in [4.78, 5) is 2.48. The van der Waals surface area contributed by atoms with E-state index in [9.17, 15) is 0 Å². The number of nitrogens with zero attached hydrogens (tertiary/aromatic N) is 1. The molecule has 1 aromatic heterocycles. The van der Waals surface area contributed by atoms with Crippen molar-refractivity contribution in [2.24, 2.45) is 29.1 Å². The number of hydrogen-bond acceptors (Lipinski definition) is 2. The molecule has 1 fully saturated rings. The number of rotatable bonds is 6. The summed E-state index contributed by atoms with van der Waals surface area (Å²) in [6.45, 7) is 4.92. The predicted molar refractivity (Wildman–Crippen MR) is 227 cm³/mol. The van der Waals surface area contributed by atoms with Crippen LogP contribution < -0.4 is 4.90 Å². The largest absolute Gasteiger partial charge is 0.311 e. The first-order valence-electron chi connectivity index (χ1n) is 18.8. The minimum absolute atomic E-state index is 0.193. The van der Waals surface area contributed by atoms with Gasteiger partial charge in [-0.1, -0.05) is 159 Å².